The molecule has 21 heavy (non-hydrogen) atoms. The van der Waals surface area contributed by atoms with E-state index in [1.165, 1.54) is 4.68 Å². The van der Waals surface area contributed by atoms with Crippen molar-refractivity contribution in [1.82, 2.24) is 9.78 Å². The molecule has 0 aliphatic rings. The average molecular weight is 289 g/mol. The first-order valence-corrected chi connectivity index (χ1v) is 6.79. The number of hydrogen-bond acceptors (Lipinski definition) is 4. The molecule has 1 aromatic heterocycles. The quantitative estimate of drug-likeness (QED) is 0.826. The summed E-state index contributed by atoms with van der Waals surface area (Å²) >= 11 is 0. The van der Waals surface area contributed by atoms with Crippen molar-refractivity contribution in [3.05, 3.63) is 30.0 Å². The topological polar surface area (TPSA) is 90.4 Å². The second kappa shape index (κ2) is 5.87. The number of nitrogens with zero attached hydrogens (tertiary/aromatic N) is 2. The lowest BCUT2D eigenvalue weighted by Crippen LogP contribution is -2.11. The van der Waals surface area contributed by atoms with Crippen molar-refractivity contribution in [2.24, 2.45) is 0 Å². The molecule has 0 fully saturated rings. The first kappa shape index (κ1) is 14.9. The van der Waals surface area contributed by atoms with Crippen molar-refractivity contribution in [3.63, 3.8) is 0 Å². The third-order valence-corrected chi connectivity index (χ3v) is 3.05. The minimum atomic E-state index is -0.999. The molecule has 0 amide bonds. The molecular formula is C15H19N3O3. The van der Waals surface area contributed by atoms with Crippen LogP contribution < -0.4 is 10.5 Å². The Morgan fingerprint density at radius 1 is 1.43 bits per heavy atom. The minimum Gasteiger partial charge on any atom is -0.492 e. The van der Waals surface area contributed by atoms with Gasteiger partial charge in [-0.1, -0.05) is 0 Å². The molecule has 0 saturated heterocycles. The summed E-state index contributed by atoms with van der Waals surface area (Å²) < 4.78 is 6.88. The van der Waals surface area contributed by atoms with Crippen molar-refractivity contribution in [2.75, 3.05) is 12.3 Å². The molecule has 1 heterocycles. The summed E-state index contributed by atoms with van der Waals surface area (Å²) in [7, 11) is 0. The van der Waals surface area contributed by atoms with Gasteiger partial charge in [-0.3, -0.25) is 4.68 Å². The highest BCUT2D eigenvalue weighted by molar-refractivity contribution is 5.87. The van der Waals surface area contributed by atoms with Crippen LogP contribution in [-0.2, 0) is 0 Å². The highest BCUT2D eigenvalue weighted by Crippen LogP contribution is 2.29. The Morgan fingerprint density at radius 3 is 2.62 bits per heavy atom. The molecule has 0 atom stereocenters. The van der Waals surface area contributed by atoms with Crippen molar-refractivity contribution >= 4 is 11.7 Å². The lowest BCUT2D eigenvalue weighted by atomic mass is 10.1. The van der Waals surface area contributed by atoms with Gasteiger partial charge < -0.3 is 15.6 Å². The summed E-state index contributed by atoms with van der Waals surface area (Å²) in [5, 5.41) is 13.6. The maximum Gasteiger partial charge on any atom is 0.354 e. The van der Waals surface area contributed by atoms with Crippen LogP contribution in [0, 0.1) is 0 Å². The molecule has 0 saturated carbocycles. The van der Waals surface area contributed by atoms with E-state index in [4.69, 9.17) is 10.5 Å². The standard InChI is InChI=1S/C15H19N3O3/c1-4-21-14-6-5-10(7-11(14)16)12-8-13(15(19)20)18(17-12)9(2)3/h5-9H,4,16H2,1-3H3,(H,19,20). The Hall–Kier alpha value is -2.50. The first-order valence-electron chi connectivity index (χ1n) is 6.79. The van der Waals surface area contributed by atoms with Gasteiger partial charge in [-0.15, -0.1) is 0 Å². The smallest absolute Gasteiger partial charge is 0.354 e. The lowest BCUT2D eigenvalue weighted by molar-refractivity contribution is 0.0681. The zero-order valence-electron chi connectivity index (χ0n) is 12.3. The summed E-state index contributed by atoms with van der Waals surface area (Å²) in [5.41, 5.74) is 7.94. The van der Waals surface area contributed by atoms with Crippen LogP contribution in [0.4, 0.5) is 5.69 Å². The van der Waals surface area contributed by atoms with E-state index in [-0.39, 0.29) is 11.7 Å². The number of hydrogen-bond donors (Lipinski definition) is 2. The molecule has 1 aromatic carbocycles. The number of aromatic nitrogens is 2. The van der Waals surface area contributed by atoms with Crippen LogP contribution in [0.25, 0.3) is 11.3 Å². The van der Waals surface area contributed by atoms with Gasteiger partial charge in [0.05, 0.1) is 18.0 Å². The second-order valence-corrected chi connectivity index (χ2v) is 4.94. The zero-order valence-corrected chi connectivity index (χ0v) is 12.3. The van der Waals surface area contributed by atoms with Gasteiger partial charge in [-0.05, 0) is 45.0 Å². The molecule has 2 aromatic rings. The molecule has 112 valence electrons. The Kier molecular flexibility index (Phi) is 4.16. The van der Waals surface area contributed by atoms with Crippen LogP contribution in [0.2, 0.25) is 0 Å². The second-order valence-electron chi connectivity index (χ2n) is 4.94. The summed E-state index contributed by atoms with van der Waals surface area (Å²) in [6.45, 7) is 6.19. The number of carboxylic acids is 1. The zero-order chi connectivity index (χ0) is 15.6. The molecule has 2 rings (SSSR count). The van der Waals surface area contributed by atoms with Crippen molar-refractivity contribution in [2.45, 2.75) is 26.8 Å². The maximum absolute atomic E-state index is 11.3. The van der Waals surface area contributed by atoms with Gasteiger partial charge >= 0.3 is 5.97 Å². The number of benzene rings is 1. The van der Waals surface area contributed by atoms with Crippen LogP contribution in [-0.4, -0.2) is 27.5 Å². The van der Waals surface area contributed by atoms with Crippen LogP contribution in [0.3, 0.4) is 0 Å². The number of ether oxygens (including phenoxy) is 1. The largest absolute Gasteiger partial charge is 0.492 e. The highest BCUT2D eigenvalue weighted by Gasteiger charge is 2.17. The number of rotatable bonds is 5. The predicted octanol–water partition coefficient (Wildman–Crippen LogP) is 2.81. The van der Waals surface area contributed by atoms with E-state index in [1.807, 2.05) is 26.8 Å². The summed E-state index contributed by atoms with van der Waals surface area (Å²) in [4.78, 5) is 11.3. The molecule has 0 unspecified atom stereocenters. The van der Waals surface area contributed by atoms with Gasteiger partial charge in [-0.2, -0.15) is 5.10 Å². The van der Waals surface area contributed by atoms with E-state index in [0.29, 0.717) is 23.7 Å². The number of aromatic carboxylic acids is 1. The Labute approximate surface area is 123 Å². The highest BCUT2D eigenvalue weighted by atomic mass is 16.5. The monoisotopic (exact) mass is 289 g/mol. The Morgan fingerprint density at radius 2 is 2.14 bits per heavy atom. The lowest BCUT2D eigenvalue weighted by Gasteiger charge is -2.08. The molecular weight excluding hydrogens is 270 g/mol. The number of anilines is 1. The van der Waals surface area contributed by atoms with Gasteiger partial charge in [0.15, 0.2) is 0 Å². The van der Waals surface area contributed by atoms with Crippen LogP contribution in [0.5, 0.6) is 5.75 Å². The van der Waals surface area contributed by atoms with Gasteiger partial charge in [0.2, 0.25) is 0 Å². The number of carboxylic acid groups (broad SMARTS) is 1. The fourth-order valence-electron chi connectivity index (χ4n) is 2.08. The normalized spacial score (nSPS) is 10.9. The maximum atomic E-state index is 11.3. The van der Waals surface area contributed by atoms with Gasteiger partial charge in [0.25, 0.3) is 0 Å². The van der Waals surface area contributed by atoms with E-state index >= 15 is 0 Å². The van der Waals surface area contributed by atoms with Crippen LogP contribution >= 0.6 is 0 Å². The third-order valence-electron chi connectivity index (χ3n) is 3.05. The Balaban J connectivity index is 2.45. The molecule has 6 nitrogen and oxygen atoms in total. The van der Waals surface area contributed by atoms with Crippen molar-refractivity contribution in [1.29, 1.82) is 0 Å². The SMILES string of the molecule is CCOc1ccc(-c2cc(C(=O)O)n(C(C)C)n2)cc1N. The predicted molar refractivity (Wildman–Crippen MR) is 80.6 cm³/mol. The molecule has 0 bridgehead atoms. The van der Waals surface area contributed by atoms with E-state index < -0.39 is 5.97 Å². The number of carbonyl (C=O) groups is 1. The van der Waals surface area contributed by atoms with E-state index in [0.717, 1.165) is 5.56 Å². The molecule has 3 N–H and O–H groups in total. The van der Waals surface area contributed by atoms with Crippen LogP contribution in [0.1, 0.15) is 37.3 Å². The number of nitrogen functional groups attached to an aromatic ring is 1. The van der Waals surface area contributed by atoms with E-state index in [2.05, 4.69) is 5.10 Å². The number of nitrogens with two attached hydrogens (primary N) is 1. The average Bonchev–Trinajstić information content (AvgIpc) is 2.86. The third kappa shape index (κ3) is 2.99. The molecule has 6 heteroatoms. The summed E-state index contributed by atoms with van der Waals surface area (Å²) in [6, 6.07) is 6.84. The summed E-state index contributed by atoms with van der Waals surface area (Å²) in [5.74, 6) is -0.385. The van der Waals surface area contributed by atoms with Gasteiger partial charge in [0, 0.05) is 11.6 Å². The fraction of sp³-hybridized carbons (Fsp3) is 0.333. The van der Waals surface area contributed by atoms with Gasteiger partial charge in [0.1, 0.15) is 11.4 Å². The van der Waals surface area contributed by atoms with Gasteiger partial charge in [-0.25, -0.2) is 4.79 Å². The molecule has 0 spiro atoms. The van der Waals surface area contributed by atoms with Crippen LogP contribution in [0.15, 0.2) is 24.3 Å². The molecule has 0 aliphatic carbocycles. The van der Waals surface area contributed by atoms with Crippen molar-refractivity contribution < 1.29 is 14.6 Å². The molecule has 0 aliphatic heterocycles. The summed E-state index contributed by atoms with van der Waals surface area (Å²) in [6.07, 6.45) is 0. The van der Waals surface area contributed by atoms with E-state index in [9.17, 15) is 9.90 Å². The fourth-order valence-corrected chi connectivity index (χ4v) is 2.08. The first-order chi connectivity index (χ1) is 9.93. The van der Waals surface area contributed by atoms with E-state index in [1.54, 1.807) is 18.2 Å². The minimum absolute atomic E-state index is 0.0371. The van der Waals surface area contributed by atoms with Crippen molar-refractivity contribution in [3.8, 4) is 17.0 Å². The molecule has 0 radical (unpaired) electrons. The Bertz CT molecular complexity index is 662.